The molecular weight excluding hydrogens is 233 g/mol. The van der Waals surface area contributed by atoms with Crippen LogP contribution >= 0.6 is 11.3 Å². The first-order chi connectivity index (χ1) is 7.65. The van der Waals surface area contributed by atoms with Gasteiger partial charge in [0, 0.05) is 22.2 Å². The Kier molecular flexibility index (Phi) is 2.86. The maximum atomic E-state index is 13.6. The van der Waals surface area contributed by atoms with Crippen LogP contribution in [0.15, 0.2) is 18.2 Å². The second-order valence-electron chi connectivity index (χ2n) is 3.16. The van der Waals surface area contributed by atoms with Crippen LogP contribution in [0.4, 0.5) is 4.39 Å². The second kappa shape index (κ2) is 4.17. The van der Waals surface area contributed by atoms with E-state index in [1.54, 1.807) is 6.07 Å². The normalized spacial score (nSPS) is 10.9. The number of nitrogens with one attached hydrogen (secondary N) is 1. The summed E-state index contributed by atoms with van der Waals surface area (Å²) >= 11 is 0.995. The summed E-state index contributed by atoms with van der Waals surface area (Å²) in [5.74, 6) is -1.60. The average molecular weight is 241 g/mol. The largest absolute Gasteiger partial charge is 0.477 e. The molecule has 6 heteroatoms. The zero-order valence-electron chi connectivity index (χ0n) is 8.03. The van der Waals surface area contributed by atoms with Crippen molar-refractivity contribution < 1.29 is 19.5 Å². The minimum atomic E-state index is -1.12. The molecule has 84 valence electrons. The number of hydroxylamine groups is 1. The third-order valence-corrected chi connectivity index (χ3v) is 3.40. The number of carboxylic acids is 1. The smallest absolute Gasteiger partial charge is 0.346 e. The van der Waals surface area contributed by atoms with E-state index in [-0.39, 0.29) is 22.4 Å². The number of hydrogen-bond donors (Lipinski definition) is 3. The standard InChI is InChI=1S/C10H8FNO3S/c11-6-2-1-3-7-8(6)5(4-12-15)9(16-7)10(13)14/h1-3,12,15H,4H2,(H,13,14). The molecule has 0 atom stereocenters. The van der Waals surface area contributed by atoms with Crippen molar-refractivity contribution in [2.24, 2.45) is 0 Å². The van der Waals surface area contributed by atoms with E-state index in [1.165, 1.54) is 12.1 Å². The monoisotopic (exact) mass is 241 g/mol. The van der Waals surface area contributed by atoms with Gasteiger partial charge in [-0.25, -0.2) is 14.7 Å². The topological polar surface area (TPSA) is 69.6 Å². The molecule has 16 heavy (non-hydrogen) atoms. The van der Waals surface area contributed by atoms with Crippen LogP contribution in [-0.4, -0.2) is 16.3 Å². The Morgan fingerprint density at radius 2 is 2.25 bits per heavy atom. The maximum Gasteiger partial charge on any atom is 0.346 e. The minimum Gasteiger partial charge on any atom is -0.477 e. The molecule has 1 heterocycles. The molecule has 0 saturated carbocycles. The predicted octanol–water partition coefficient (Wildman–Crippen LogP) is 2.22. The third-order valence-electron chi connectivity index (χ3n) is 2.21. The lowest BCUT2D eigenvalue weighted by Crippen LogP contribution is -2.09. The minimum absolute atomic E-state index is 0.0432. The summed E-state index contributed by atoms with van der Waals surface area (Å²) in [6.45, 7) is -0.0947. The van der Waals surface area contributed by atoms with Crippen LogP contribution in [0, 0.1) is 5.82 Å². The molecule has 4 nitrogen and oxygen atoms in total. The lowest BCUT2D eigenvalue weighted by Gasteiger charge is -2.00. The lowest BCUT2D eigenvalue weighted by atomic mass is 10.1. The van der Waals surface area contributed by atoms with Gasteiger partial charge in [0.25, 0.3) is 0 Å². The van der Waals surface area contributed by atoms with E-state index in [0.29, 0.717) is 4.70 Å². The molecule has 1 aromatic heterocycles. The zero-order chi connectivity index (χ0) is 11.7. The molecule has 0 saturated heterocycles. The Morgan fingerprint density at radius 1 is 1.50 bits per heavy atom. The second-order valence-corrected chi connectivity index (χ2v) is 4.21. The van der Waals surface area contributed by atoms with Gasteiger partial charge in [-0.2, -0.15) is 0 Å². The van der Waals surface area contributed by atoms with Crippen LogP contribution in [0.2, 0.25) is 0 Å². The Balaban J connectivity index is 2.77. The lowest BCUT2D eigenvalue weighted by molar-refractivity contribution is 0.0700. The quantitative estimate of drug-likeness (QED) is 0.721. The molecule has 0 amide bonds. The summed E-state index contributed by atoms with van der Waals surface area (Å²) in [5.41, 5.74) is 2.13. The first-order valence-corrected chi connectivity index (χ1v) is 5.27. The number of fused-ring (bicyclic) bond motifs is 1. The van der Waals surface area contributed by atoms with E-state index in [1.807, 2.05) is 5.48 Å². The van der Waals surface area contributed by atoms with Gasteiger partial charge in [0.2, 0.25) is 0 Å². The summed E-state index contributed by atoms with van der Waals surface area (Å²) in [6, 6.07) is 4.44. The molecular formula is C10H8FNO3S. The first-order valence-electron chi connectivity index (χ1n) is 4.45. The molecule has 0 radical (unpaired) electrons. The fourth-order valence-corrected chi connectivity index (χ4v) is 2.66. The van der Waals surface area contributed by atoms with E-state index < -0.39 is 11.8 Å². The number of halogens is 1. The van der Waals surface area contributed by atoms with E-state index in [9.17, 15) is 9.18 Å². The molecule has 0 spiro atoms. The average Bonchev–Trinajstić information content (AvgIpc) is 2.59. The van der Waals surface area contributed by atoms with Crippen molar-refractivity contribution in [3.63, 3.8) is 0 Å². The molecule has 0 aliphatic rings. The van der Waals surface area contributed by atoms with Gasteiger partial charge >= 0.3 is 5.97 Å². The van der Waals surface area contributed by atoms with Gasteiger partial charge in [-0.05, 0) is 12.1 Å². The summed E-state index contributed by atoms with van der Waals surface area (Å²) in [4.78, 5) is 11.0. The van der Waals surface area contributed by atoms with Crippen molar-refractivity contribution in [1.29, 1.82) is 0 Å². The molecule has 0 fully saturated rings. The van der Waals surface area contributed by atoms with Gasteiger partial charge in [-0.3, -0.25) is 0 Å². The van der Waals surface area contributed by atoms with Crippen molar-refractivity contribution in [1.82, 2.24) is 5.48 Å². The van der Waals surface area contributed by atoms with E-state index >= 15 is 0 Å². The fourth-order valence-electron chi connectivity index (χ4n) is 1.59. The van der Waals surface area contributed by atoms with Crippen molar-refractivity contribution in [2.45, 2.75) is 6.54 Å². The van der Waals surface area contributed by atoms with Crippen molar-refractivity contribution in [3.8, 4) is 0 Å². The summed E-state index contributed by atoms with van der Waals surface area (Å²) in [5, 5.41) is 17.9. The highest BCUT2D eigenvalue weighted by molar-refractivity contribution is 7.21. The van der Waals surface area contributed by atoms with Gasteiger partial charge < -0.3 is 10.3 Å². The number of rotatable bonds is 3. The summed E-state index contributed by atoms with van der Waals surface area (Å²) in [6.07, 6.45) is 0. The number of hydrogen-bond acceptors (Lipinski definition) is 4. The summed E-state index contributed by atoms with van der Waals surface area (Å²) in [7, 11) is 0. The van der Waals surface area contributed by atoms with Crippen LogP contribution in [0.25, 0.3) is 10.1 Å². The number of benzene rings is 1. The van der Waals surface area contributed by atoms with Crippen LogP contribution in [-0.2, 0) is 6.54 Å². The molecule has 1 aromatic carbocycles. The van der Waals surface area contributed by atoms with E-state index in [4.69, 9.17) is 10.3 Å². The predicted molar refractivity (Wildman–Crippen MR) is 57.4 cm³/mol. The van der Waals surface area contributed by atoms with Crippen LogP contribution in [0.5, 0.6) is 0 Å². The third kappa shape index (κ3) is 1.67. The number of thiophene rings is 1. The Labute approximate surface area is 93.9 Å². The Hall–Kier alpha value is -1.50. The maximum absolute atomic E-state index is 13.6. The molecule has 0 unspecified atom stereocenters. The van der Waals surface area contributed by atoms with Crippen molar-refractivity contribution >= 4 is 27.4 Å². The molecule has 2 aromatic rings. The van der Waals surface area contributed by atoms with Crippen molar-refractivity contribution in [3.05, 3.63) is 34.5 Å². The Bertz CT molecular complexity index is 552. The zero-order valence-corrected chi connectivity index (χ0v) is 8.84. The van der Waals surface area contributed by atoms with Gasteiger partial charge in [-0.15, -0.1) is 11.3 Å². The number of aromatic carboxylic acids is 1. The molecule has 0 bridgehead atoms. The van der Waals surface area contributed by atoms with Crippen LogP contribution in [0.1, 0.15) is 15.2 Å². The van der Waals surface area contributed by atoms with E-state index in [0.717, 1.165) is 11.3 Å². The molecule has 3 N–H and O–H groups in total. The highest BCUT2D eigenvalue weighted by Gasteiger charge is 2.19. The van der Waals surface area contributed by atoms with Crippen molar-refractivity contribution in [2.75, 3.05) is 0 Å². The van der Waals surface area contributed by atoms with Gasteiger partial charge in [0.1, 0.15) is 10.7 Å². The fraction of sp³-hybridized carbons (Fsp3) is 0.100. The highest BCUT2D eigenvalue weighted by atomic mass is 32.1. The molecule has 0 aliphatic heterocycles. The molecule has 0 aliphatic carbocycles. The first kappa shape index (κ1) is 11.0. The van der Waals surface area contributed by atoms with Crippen LogP contribution in [0.3, 0.4) is 0 Å². The summed E-state index contributed by atoms with van der Waals surface area (Å²) < 4.78 is 14.1. The van der Waals surface area contributed by atoms with Gasteiger partial charge in [0.15, 0.2) is 0 Å². The van der Waals surface area contributed by atoms with Gasteiger partial charge in [0.05, 0.1) is 0 Å². The highest BCUT2D eigenvalue weighted by Crippen LogP contribution is 2.33. The number of carboxylic acid groups (broad SMARTS) is 1. The van der Waals surface area contributed by atoms with Gasteiger partial charge in [-0.1, -0.05) is 6.07 Å². The SMILES string of the molecule is O=C(O)c1sc2cccc(F)c2c1CNO. The van der Waals surface area contributed by atoms with E-state index in [2.05, 4.69) is 0 Å². The van der Waals surface area contributed by atoms with Crippen LogP contribution < -0.4 is 5.48 Å². The Morgan fingerprint density at radius 3 is 2.88 bits per heavy atom. The molecule has 2 rings (SSSR count). The number of carbonyl (C=O) groups is 1.